The van der Waals surface area contributed by atoms with Crippen LogP contribution in [0.15, 0.2) is 48.7 Å². The summed E-state index contributed by atoms with van der Waals surface area (Å²) < 4.78 is 0. The highest BCUT2D eigenvalue weighted by Gasteiger charge is 2.31. The molecule has 2 bridgehead atoms. The van der Waals surface area contributed by atoms with Crippen LogP contribution in [-0.2, 0) is 6.54 Å². The molecule has 0 spiro atoms. The normalized spacial score (nSPS) is 20.5. The Labute approximate surface area is 178 Å². The Morgan fingerprint density at radius 3 is 2.17 bits per heavy atom. The van der Waals surface area contributed by atoms with Crippen LogP contribution in [0.4, 0.5) is 10.6 Å². The fraction of sp³-hybridized carbons (Fsp3) is 0.458. The zero-order valence-electron chi connectivity index (χ0n) is 17.8. The molecule has 2 aromatic rings. The molecule has 5 rings (SSSR count). The van der Waals surface area contributed by atoms with Crippen LogP contribution in [0.2, 0.25) is 0 Å². The number of carbonyl (C=O) groups is 2. The summed E-state index contributed by atoms with van der Waals surface area (Å²) in [5.41, 5.74) is 1.73. The van der Waals surface area contributed by atoms with Gasteiger partial charge in [-0.2, -0.15) is 0 Å². The van der Waals surface area contributed by atoms with Gasteiger partial charge in [-0.15, -0.1) is 0 Å². The van der Waals surface area contributed by atoms with Crippen molar-refractivity contribution in [2.75, 3.05) is 32.1 Å². The largest absolute Gasteiger partial charge is 0.338 e. The first-order valence-corrected chi connectivity index (χ1v) is 10.8. The second kappa shape index (κ2) is 8.86. The molecule has 0 radical (unpaired) electrons. The van der Waals surface area contributed by atoms with Gasteiger partial charge in [0.1, 0.15) is 5.82 Å². The van der Waals surface area contributed by atoms with Gasteiger partial charge < -0.3 is 9.80 Å². The summed E-state index contributed by atoms with van der Waals surface area (Å²) >= 11 is 0. The topological polar surface area (TPSA) is 56.8 Å². The summed E-state index contributed by atoms with van der Waals surface area (Å²) in [7, 11) is 3.49. The van der Waals surface area contributed by atoms with Crippen molar-refractivity contribution in [3.05, 3.63) is 59.8 Å². The average Bonchev–Trinajstić information content (AvgIpc) is 3.13. The molecule has 3 fully saturated rings. The van der Waals surface area contributed by atoms with Crippen LogP contribution in [0.3, 0.4) is 0 Å². The minimum atomic E-state index is -0.131. The number of fused-ring (bicyclic) bond motifs is 4. The maximum Gasteiger partial charge on any atom is 0.325 e. The minimum absolute atomic E-state index is 0.131. The van der Waals surface area contributed by atoms with Crippen molar-refractivity contribution >= 4 is 17.8 Å². The Balaban J connectivity index is 1.37. The molecule has 0 unspecified atom stereocenters. The third kappa shape index (κ3) is 4.48. The van der Waals surface area contributed by atoms with Gasteiger partial charge in [0.25, 0.3) is 5.91 Å². The van der Waals surface area contributed by atoms with E-state index < -0.39 is 0 Å². The highest BCUT2D eigenvalue weighted by atomic mass is 16.2. The number of nitrogens with zero attached hydrogens (tertiary/aromatic N) is 4. The van der Waals surface area contributed by atoms with E-state index in [0.717, 1.165) is 24.2 Å². The van der Waals surface area contributed by atoms with Gasteiger partial charge in [0.05, 0.1) is 0 Å². The molecule has 1 saturated carbocycles. The molecule has 2 saturated heterocycles. The van der Waals surface area contributed by atoms with E-state index in [0.29, 0.717) is 24.2 Å². The molecular weight excluding hydrogens is 376 g/mol. The van der Waals surface area contributed by atoms with Crippen molar-refractivity contribution in [3.63, 3.8) is 0 Å². The highest BCUT2D eigenvalue weighted by molar-refractivity contribution is 5.94. The number of urea groups is 1. The standard InChI is InChI=1S/C24H30N4O2/c1-26(24(30)27(2)22-5-3-4-14-25-22)15-18-10-12-21(13-11-18)23(29)28-16-19-6-7-20(17-28)9-8-19/h3-5,10-14,19-20H,6-9,15-17H2,1-2H3. The monoisotopic (exact) mass is 406 g/mol. The van der Waals surface area contributed by atoms with Crippen molar-refractivity contribution in [2.45, 2.75) is 32.2 Å². The lowest BCUT2D eigenvalue weighted by Gasteiger charge is -2.25. The molecule has 6 nitrogen and oxygen atoms in total. The molecule has 2 aliphatic heterocycles. The van der Waals surface area contributed by atoms with Gasteiger partial charge in [0.15, 0.2) is 0 Å². The van der Waals surface area contributed by atoms with Crippen LogP contribution in [0.5, 0.6) is 0 Å². The van der Waals surface area contributed by atoms with E-state index in [9.17, 15) is 9.59 Å². The third-order valence-corrected chi connectivity index (χ3v) is 6.44. The van der Waals surface area contributed by atoms with Crippen molar-refractivity contribution in [1.82, 2.24) is 14.8 Å². The van der Waals surface area contributed by atoms with Gasteiger partial charge in [-0.25, -0.2) is 9.78 Å². The van der Waals surface area contributed by atoms with Crippen LogP contribution >= 0.6 is 0 Å². The second-order valence-electron chi connectivity index (χ2n) is 8.68. The number of benzene rings is 1. The van der Waals surface area contributed by atoms with Gasteiger partial charge in [-0.05, 0) is 67.3 Å². The molecule has 1 aromatic heterocycles. The Kier molecular flexibility index (Phi) is 6.02. The predicted octanol–water partition coefficient (Wildman–Crippen LogP) is 4.03. The maximum absolute atomic E-state index is 13.0. The molecule has 6 heteroatoms. The Bertz CT molecular complexity index is 862. The van der Waals surface area contributed by atoms with Crippen LogP contribution in [0, 0.1) is 11.8 Å². The molecule has 0 atom stereocenters. The van der Waals surface area contributed by atoms with E-state index in [2.05, 4.69) is 9.88 Å². The summed E-state index contributed by atoms with van der Waals surface area (Å²) in [5, 5.41) is 0. The summed E-state index contributed by atoms with van der Waals surface area (Å²) in [5.74, 6) is 2.09. The lowest BCUT2D eigenvalue weighted by Crippen LogP contribution is -2.38. The van der Waals surface area contributed by atoms with Crippen LogP contribution in [0.1, 0.15) is 41.6 Å². The van der Waals surface area contributed by atoms with E-state index in [1.807, 2.05) is 36.4 Å². The van der Waals surface area contributed by atoms with Crippen molar-refractivity contribution in [2.24, 2.45) is 11.8 Å². The number of amides is 3. The number of carbonyl (C=O) groups excluding carboxylic acids is 2. The SMILES string of the molecule is CN(Cc1ccc(C(=O)N2CC3CCC(CC3)C2)cc1)C(=O)N(C)c1ccccn1. The molecule has 1 aromatic carbocycles. The van der Waals surface area contributed by atoms with E-state index in [1.54, 1.807) is 31.3 Å². The van der Waals surface area contributed by atoms with Gasteiger partial charge in [-0.1, -0.05) is 18.2 Å². The minimum Gasteiger partial charge on any atom is -0.338 e. The molecule has 3 amide bonds. The first kappa shape index (κ1) is 20.4. The van der Waals surface area contributed by atoms with E-state index in [1.165, 1.54) is 30.6 Å². The van der Waals surface area contributed by atoms with Gasteiger partial charge in [0, 0.05) is 45.5 Å². The Morgan fingerprint density at radius 2 is 1.60 bits per heavy atom. The smallest absolute Gasteiger partial charge is 0.325 e. The highest BCUT2D eigenvalue weighted by Crippen LogP contribution is 2.34. The number of hydrogen-bond donors (Lipinski definition) is 0. The maximum atomic E-state index is 13.0. The first-order chi connectivity index (χ1) is 14.5. The predicted molar refractivity (Wildman–Crippen MR) is 117 cm³/mol. The van der Waals surface area contributed by atoms with Crippen LogP contribution < -0.4 is 4.90 Å². The summed E-state index contributed by atoms with van der Waals surface area (Å²) in [6.45, 7) is 2.26. The zero-order chi connectivity index (χ0) is 21.1. The quantitative estimate of drug-likeness (QED) is 0.770. The average molecular weight is 407 g/mol. The number of pyridine rings is 1. The van der Waals surface area contributed by atoms with Gasteiger partial charge in [-0.3, -0.25) is 9.69 Å². The summed E-state index contributed by atoms with van der Waals surface area (Å²) in [4.78, 5) is 35.2. The van der Waals surface area contributed by atoms with Gasteiger partial charge >= 0.3 is 6.03 Å². The first-order valence-electron chi connectivity index (χ1n) is 10.8. The molecular formula is C24H30N4O2. The lowest BCUT2D eigenvalue weighted by molar-refractivity contribution is 0.0739. The van der Waals surface area contributed by atoms with Crippen molar-refractivity contribution < 1.29 is 9.59 Å². The fourth-order valence-corrected chi connectivity index (χ4v) is 4.64. The van der Waals surface area contributed by atoms with E-state index >= 15 is 0 Å². The van der Waals surface area contributed by atoms with Crippen molar-refractivity contribution in [1.29, 1.82) is 0 Å². The number of anilines is 1. The van der Waals surface area contributed by atoms with E-state index in [4.69, 9.17) is 0 Å². The zero-order valence-corrected chi connectivity index (χ0v) is 17.8. The molecule has 30 heavy (non-hydrogen) atoms. The number of hydrogen-bond acceptors (Lipinski definition) is 3. The van der Waals surface area contributed by atoms with Gasteiger partial charge in [0.2, 0.25) is 0 Å². The van der Waals surface area contributed by atoms with E-state index in [-0.39, 0.29) is 11.9 Å². The van der Waals surface area contributed by atoms with Crippen molar-refractivity contribution in [3.8, 4) is 0 Å². The molecule has 1 aliphatic carbocycles. The van der Waals surface area contributed by atoms with Crippen LogP contribution in [-0.4, -0.2) is 53.9 Å². The molecule has 158 valence electrons. The number of rotatable bonds is 4. The Hall–Kier alpha value is -2.89. The molecule has 0 N–H and O–H groups in total. The lowest BCUT2D eigenvalue weighted by atomic mass is 9.84. The van der Waals surface area contributed by atoms with Crippen LogP contribution in [0.25, 0.3) is 0 Å². The second-order valence-corrected chi connectivity index (χ2v) is 8.68. The fourth-order valence-electron chi connectivity index (χ4n) is 4.64. The molecule has 3 heterocycles. The third-order valence-electron chi connectivity index (χ3n) is 6.44. The number of aromatic nitrogens is 1. The summed E-state index contributed by atoms with van der Waals surface area (Å²) in [6, 6.07) is 13.0. The molecule has 3 aliphatic rings. The summed E-state index contributed by atoms with van der Waals surface area (Å²) in [6.07, 6.45) is 6.73. The Morgan fingerprint density at radius 1 is 0.967 bits per heavy atom.